The highest BCUT2D eigenvalue weighted by atomic mass is 16.5. The van der Waals surface area contributed by atoms with Gasteiger partial charge in [-0.3, -0.25) is 9.59 Å². The molecule has 1 atom stereocenters. The summed E-state index contributed by atoms with van der Waals surface area (Å²) in [6.07, 6.45) is 4.26. The Hall–Kier alpha value is -3.56. The number of hydrogen-bond donors (Lipinski definition) is 2. The van der Waals surface area contributed by atoms with Crippen LogP contribution in [0.15, 0.2) is 29.4 Å². The summed E-state index contributed by atoms with van der Waals surface area (Å²) in [4.78, 5) is 45.6. The highest BCUT2D eigenvalue weighted by molar-refractivity contribution is 6.10. The molecule has 4 rings (SSSR count). The molecule has 1 aliphatic heterocycles. The number of benzene rings is 1. The first-order valence-corrected chi connectivity index (χ1v) is 11.6. The van der Waals surface area contributed by atoms with E-state index in [-0.39, 0.29) is 23.6 Å². The van der Waals surface area contributed by atoms with E-state index >= 15 is 0 Å². The average molecular weight is 467 g/mol. The number of anilines is 2. The molecule has 1 unspecified atom stereocenters. The number of nitroso groups, excluding NO2 is 1. The van der Waals surface area contributed by atoms with Gasteiger partial charge in [0.25, 0.3) is 5.91 Å². The maximum absolute atomic E-state index is 13.1. The van der Waals surface area contributed by atoms with Crippen LogP contribution in [0.5, 0.6) is 6.01 Å². The van der Waals surface area contributed by atoms with Gasteiger partial charge in [0, 0.05) is 25.1 Å². The van der Waals surface area contributed by atoms with Crippen molar-refractivity contribution in [3.63, 3.8) is 0 Å². The molecule has 2 amide bonds. The lowest BCUT2D eigenvalue weighted by atomic mass is 9.77. The Morgan fingerprint density at radius 3 is 2.59 bits per heavy atom. The first kappa shape index (κ1) is 23.6. The Kier molecular flexibility index (Phi) is 7.04. The van der Waals surface area contributed by atoms with Gasteiger partial charge in [0.2, 0.25) is 5.91 Å². The van der Waals surface area contributed by atoms with Gasteiger partial charge in [-0.1, -0.05) is 12.1 Å². The van der Waals surface area contributed by atoms with Gasteiger partial charge in [0.15, 0.2) is 6.17 Å². The van der Waals surface area contributed by atoms with E-state index in [0.29, 0.717) is 42.5 Å². The van der Waals surface area contributed by atoms with Crippen LogP contribution in [0.2, 0.25) is 0 Å². The summed E-state index contributed by atoms with van der Waals surface area (Å²) in [6.45, 7) is 2.08. The number of methoxy groups -OCH3 is 1. The van der Waals surface area contributed by atoms with Crippen LogP contribution < -0.4 is 20.7 Å². The van der Waals surface area contributed by atoms with Crippen molar-refractivity contribution >= 4 is 23.3 Å². The molecule has 1 fully saturated rings. The predicted octanol–water partition coefficient (Wildman–Crippen LogP) is 3.16. The predicted molar refractivity (Wildman–Crippen MR) is 128 cm³/mol. The lowest BCUT2D eigenvalue weighted by molar-refractivity contribution is -0.122. The highest BCUT2D eigenvalue weighted by Gasteiger charge is 2.31. The zero-order valence-corrected chi connectivity index (χ0v) is 19.5. The quantitative estimate of drug-likeness (QED) is 0.597. The van der Waals surface area contributed by atoms with Gasteiger partial charge < -0.3 is 20.7 Å². The maximum Gasteiger partial charge on any atom is 0.318 e. The van der Waals surface area contributed by atoms with Crippen LogP contribution >= 0.6 is 0 Å². The monoisotopic (exact) mass is 466 g/mol. The molecule has 10 heteroatoms. The van der Waals surface area contributed by atoms with Gasteiger partial charge in [-0.25, -0.2) is 0 Å². The van der Waals surface area contributed by atoms with Crippen LogP contribution in [0.3, 0.4) is 0 Å². The summed E-state index contributed by atoms with van der Waals surface area (Å²) in [6, 6.07) is 8.30. The number of ether oxygens (including phenoxy) is 1. The minimum absolute atomic E-state index is 0.114. The van der Waals surface area contributed by atoms with E-state index in [1.165, 1.54) is 12.7 Å². The average Bonchev–Trinajstić information content (AvgIpc) is 2.84. The molecule has 180 valence electrons. The third-order valence-corrected chi connectivity index (χ3v) is 6.73. The molecule has 2 aliphatic rings. The molecule has 3 N–H and O–H groups in total. The molecule has 2 aromatic rings. The SMILES string of the molecule is COc1nc(N)c2c(n1)CCN(c1ccc(C3CCC(CC(=O)NC(C)N=O)CC3)cc1)C2=O. The maximum atomic E-state index is 13.1. The number of aromatic nitrogens is 2. The molecule has 1 aliphatic carbocycles. The first-order chi connectivity index (χ1) is 16.4. The van der Waals surface area contributed by atoms with Crippen molar-refractivity contribution in [2.75, 3.05) is 24.3 Å². The lowest BCUT2D eigenvalue weighted by Gasteiger charge is -2.30. The third-order valence-electron chi connectivity index (χ3n) is 6.73. The van der Waals surface area contributed by atoms with Gasteiger partial charge in [-0.2, -0.15) is 9.97 Å². The number of carbonyl (C=O) groups excluding carboxylic acids is 2. The third kappa shape index (κ3) is 5.00. The fourth-order valence-corrected chi connectivity index (χ4v) is 4.92. The van der Waals surface area contributed by atoms with E-state index in [1.807, 2.05) is 12.1 Å². The van der Waals surface area contributed by atoms with Gasteiger partial charge in [-0.15, -0.1) is 4.91 Å². The molecule has 0 saturated heterocycles. The second-order valence-electron chi connectivity index (χ2n) is 8.99. The number of nitrogens with one attached hydrogen (secondary N) is 1. The molecule has 0 radical (unpaired) electrons. The van der Waals surface area contributed by atoms with E-state index in [0.717, 1.165) is 31.4 Å². The smallest absolute Gasteiger partial charge is 0.318 e. The topological polar surface area (TPSA) is 140 Å². The molecule has 1 aromatic carbocycles. The Balaban J connectivity index is 1.37. The summed E-state index contributed by atoms with van der Waals surface area (Å²) in [7, 11) is 1.47. The Bertz CT molecular complexity index is 1070. The van der Waals surface area contributed by atoms with E-state index in [2.05, 4.69) is 32.6 Å². The van der Waals surface area contributed by atoms with E-state index in [1.54, 1.807) is 11.8 Å². The Morgan fingerprint density at radius 2 is 1.94 bits per heavy atom. The molecule has 0 bridgehead atoms. The van der Waals surface area contributed by atoms with E-state index < -0.39 is 6.17 Å². The van der Waals surface area contributed by atoms with Gasteiger partial charge >= 0.3 is 6.01 Å². The number of fused-ring (bicyclic) bond motifs is 1. The largest absolute Gasteiger partial charge is 0.467 e. The summed E-state index contributed by atoms with van der Waals surface area (Å²) in [5.41, 5.74) is 9.04. The molecular weight excluding hydrogens is 436 g/mol. The van der Waals surface area contributed by atoms with Crippen LogP contribution in [0.25, 0.3) is 0 Å². The zero-order valence-electron chi connectivity index (χ0n) is 19.5. The van der Waals surface area contributed by atoms with Gasteiger partial charge in [-0.05, 0) is 67.3 Å². The number of hydrogen-bond acceptors (Lipinski definition) is 8. The fraction of sp³-hybridized carbons (Fsp3) is 0.500. The van der Waals surface area contributed by atoms with Crippen LogP contribution in [0.4, 0.5) is 11.5 Å². The molecule has 10 nitrogen and oxygen atoms in total. The van der Waals surface area contributed by atoms with Crippen LogP contribution in [-0.2, 0) is 11.2 Å². The number of nitrogens with zero attached hydrogens (tertiary/aromatic N) is 4. The fourth-order valence-electron chi connectivity index (χ4n) is 4.92. The second-order valence-corrected chi connectivity index (χ2v) is 8.99. The molecular formula is C24H30N6O4. The van der Waals surface area contributed by atoms with Crippen molar-refractivity contribution in [3.05, 3.63) is 46.0 Å². The summed E-state index contributed by atoms with van der Waals surface area (Å²) < 4.78 is 5.06. The Labute approximate surface area is 198 Å². The van der Waals surface area contributed by atoms with Crippen LogP contribution in [-0.4, -0.2) is 41.6 Å². The lowest BCUT2D eigenvalue weighted by Crippen LogP contribution is -2.39. The minimum Gasteiger partial charge on any atom is -0.467 e. The van der Waals surface area contributed by atoms with Crippen molar-refractivity contribution in [2.24, 2.45) is 11.1 Å². The van der Waals surface area contributed by atoms with Crippen molar-refractivity contribution in [3.8, 4) is 6.01 Å². The molecule has 1 saturated carbocycles. The molecule has 34 heavy (non-hydrogen) atoms. The minimum atomic E-state index is -0.686. The molecule has 1 aromatic heterocycles. The standard InChI is InChI=1S/C24H30N6O4/c1-14(29-33)26-20(31)13-15-3-5-16(6-4-15)17-7-9-18(10-8-17)30-12-11-19-21(23(30)32)22(25)28-24(27-19)34-2/h7-10,14-16H,3-6,11-13H2,1-2H3,(H,26,31)(H2,25,27,28). The van der Waals surface area contributed by atoms with E-state index in [9.17, 15) is 14.5 Å². The van der Waals surface area contributed by atoms with Crippen molar-refractivity contribution in [2.45, 2.75) is 57.5 Å². The highest BCUT2D eigenvalue weighted by Crippen LogP contribution is 2.38. The number of carbonyl (C=O) groups is 2. The van der Waals surface area contributed by atoms with Gasteiger partial charge in [0.1, 0.15) is 11.4 Å². The molecule has 0 spiro atoms. The van der Waals surface area contributed by atoms with Crippen LogP contribution in [0, 0.1) is 10.8 Å². The number of amides is 2. The molecule has 2 heterocycles. The summed E-state index contributed by atoms with van der Waals surface area (Å²) >= 11 is 0. The van der Waals surface area contributed by atoms with Crippen molar-refractivity contribution in [1.29, 1.82) is 0 Å². The number of nitrogen functional groups attached to an aromatic ring is 1. The summed E-state index contributed by atoms with van der Waals surface area (Å²) in [5, 5.41) is 5.42. The number of rotatable bonds is 7. The van der Waals surface area contributed by atoms with E-state index in [4.69, 9.17) is 10.5 Å². The number of nitrogens with two attached hydrogens (primary N) is 1. The normalized spacial score (nSPS) is 20.9. The van der Waals surface area contributed by atoms with Crippen LogP contribution in [0.1, 0.15) is 66.6 Å². The Morgan fingerprint density at radius 1 is 1.24 bits per heavy atom. The zero-order chi connectivity index (χ0) is 24.2. The van der Waals surface area contributed by atoms with Crippen molar-refractivity contribution in [1.82, 2.24) is 15.3 Å². The summed E-state index contributed by atoms with van der Waals surface area (Å²) in [5.74, 6) is 0.574. The van der Waals surface area contributed by atoms with Gasteiger partial charge in [0.05, 0.1) is 12.8 Å². The second kappa shape index (κ2) is 10.1. The first-order valence-electron chi connectivity index (χ1n) is 11.6. The van der Waals surface area contributed by atoms with Crippen molar-refractivity contribution < 1.29 is 14.3 Å².